The van der Waals surface area contributed by atoms with Crippen LogP contribution in [0.15, 0.2) is 96.0 Å². The summed E-state index contributed by atoms with van der Waals surface area (Å²) >= 11 is 0. The highest BCUT2D eigenvalue weighted by Gasteiger charge is 2.14. The lowest BCUT2D eigenvalue weighted by Gasteiger charge is -2.09. The monoisotopic (exact) mass is 374 g/mol. The van der Waals surface area contributed by atoms with Gasteiger partial charge in [0.05, 0.1) is 10.4 Å². The topological polar surface area (TPSA) is 59.1 Å². The fourth-order valence-electron chi connectivity index (χ4n) is 3.02. The molecule has 1 heterocycles. The van der Waals surface area contributed by atoms with E-state index in [9.17, 15) is 8.42 Å². The molecule has 134 valence electrons. The van der Waals surface area contributed by atoms with Gasteiger partial charge < -0.3 is 0 Å². The molecule has 0 aliphatic carbocycles. The molecule has 4 nitrogen and oxygen atoms in total. The highest BCUT2D eigenvalue weighted by molar-refractivity contribution is 7.89. The molecule has 0 spiro atoms. The quantitative estimate of drug-likeness (QED) is 0.564. The molecule has 0 atom stereocenters. The molecule has 1 N–H and O–H groups in total. The first kappa shape index (κ1) is 17.4. The number of para-hydroxylation sites is 1. The molecule has 1 aromatic heterocycles. The summed E-state index contributed by atoms with van der Waals surface area (Å²) in [5.41, 5.74) is 3.68. The molecular formula is C22H18N2O2S. The number of nitrogens with zero attached hydrogens (tertiary/aromatic N) is 1. The molecule has 0 amide bonds. The van der Waals surface area contributed by atoms with Gasteiger partial charge in [-0.25, -0.2) is 13.1 Å². The van der Waals surface area contributed by atoms with E-state index in [0.29, 0.717) is 0 Å². The van der Waals surface area contributed by atoms with Gasteiger partial charge >= 0.3 is 0 Å². The van der Waals surface area contributed by atoms with Gasteiger partial charge in [-0.05, 0) is 34.9 Å². The minimum absolute atomic E-state index is 0.192. The van der Waals surface area contributed by atoms with Crippen LogP contribution in [0.5, 0.6) is 0 Å². The van der Waals surface area contributed by atoms with Crippen LogP contribution in [0.4, 0.5) is 0 Å². The number of benzene rings is 3. The van der Waals surface area contributed by atoms with Gasteiger partial charge in [-0.15, -0.1) is 0 Å². The number of nitrogens with one attached hydrogen (secondary N) is 1. The Hall–Kier alpha value is -3.02. The van der Waals surface area contributed by atoms with Gasteiger partial charge in [0.25, 0.3) is 0 Å². The van der Waals surface area contributed by atoms with Crippen molar-refractivity contribution in [2.24, 2.45) is 0 Å². The van der Waals surface area contributed by atoms with E-state index in [1.165, 1.54) is 0 Å². The highest BCUT2D eigenvalue weighted by atomic mass is 32.2. The first-order chi connectivity index (χ1) is 13.1. The van der Waals surface area contributed by atoms with Gasteiger partial charge in [-0.2, -0.15) is 0 Å². The average Bonchev–Trinajstić information content (AvgIpc) is 2.73. The minimum atomic E-state index is -3.60. The van der Waals surface area contributed by atoms with Crippen molar-refractivity contribution in [1.29, 1.82) is 0 Å². The van der Waals surface area contributed by atoms with Crippen molar-refractivity contribution in [3.05, 3.63) is 96.7 Å². The molecule has 0 saturated carbocycles. The van der Waals surface area contributed by atoms with Crippen LogP contribution in [-0.2, 0) is 16.6 Å². The number of sulfonamides is 1. The van der Waals surface area contributed by atoms with Crippen LogP contribution in [-0.4, -0.2) is 13.4 Å². The van der Waals surface area contributed by atoms with E-state index < -0.39 is 10.0 Å². The van der Waals surface area contributed by atoms with Gasteiger partial charge in [-0.3, -0.25) is 4.98 Å². The minimum Gasteiger partial charge on any atom is -0.256 e. The number of fused-ring (bicyclic) bond motifs is 1. The Kier molecular flexibility index (Phi) is 4.71. The van der Waals surface area contributed by atoms with Gasteiger partial charge in [-0.1, -0.05) is 66.7 Å². The number of hydrogen-bond donors (Lipinski definition) is 1. The molecule has 0 aliphatic rings. The van der Waals surface area contributed by atoms with E-state index in [0.717, 1.165) is 27.6 Å². The third kappa shape index (κ3) is 3.74. The zero-order valence-corrected chi connectivity index (χ0v) is 15.4. The summed E-state index contributed by atoms with van der Waals surface area (Å²) in [4.78, 5) is 4.61. The Morgan fingerprint density at radius 3 is 2.22 bits per heavy atom. The Bertz CT molecular complexity index is 1170. The lowest BCUT2D eigenvalue weighted by Crippen LogP contribution is -2.23. The van der Waals surface area contributed by atoms with Gasteiger partial charge in [0.1, 0.15) is 0 Å². The first-order valence-electron chi connectivity index (χ1n) is 8.61. The summed E-state index contributed by atoms with van der Waals surface area (Å²) in [6.45, 7) is 0.192. The molecule has 0 saturated heterocycles. The smallest absolute Gasteiger partial charge is 0.240 e. The summed E-state index contributed by atoms with van der Waals surface area (Å²) in [6, 6.07) is 26.3. The van der Waals surface area contributed by atoms with Crippen LogP contribution in [0, 0.1) is 0 Å². The number of hydrogen-bond acceptors (Lipinski definition) is 3. The summed E-state index contributed by atoms with van der Waals surface area (Å²) < 4.78 is 28.0. The Labute approximate surface area is 158 Å². The van der Waals surface area contributed by atoms with Crippen LogP contribution in [0.3, 0.4) is 0 Å². The number of pyridine rings is 1. The summed E-state index contributed by atoms with van der Waals surface area (Å²) in [5.74, 6) is 0. The average molecular weight is 374 g/mol. The van der Waals surface area contributed by atoms with Crippen molar-refractivity contribution in [3.8, 4) is 11.1 Å². The predicted octanol–water partition coefficient (Wildman–Crippen LogP) is 4.38. The third-order valence-electron chi connectivity index (χ3n) is 4.44. The van der Waals surface area contributed by atoms with E-state index in [2.05, 4.69) is 9.71 Å². The number of aromatic nitrogens is 1. The first-order valence-corrected chi connectivity index (χ1v) is 10.1. The molecule has 27 heavy (non-hydrogen) atoms. The normalized spacial score (nSPS) is 11.6. The fraction of sp³-hybridized carbons (Fsp3) is 0.0455. The third-order valence-corrected chi connectivity index (χ3v) is 5.86. The van der Waals surface area contributed by atoms with Crippen molar-refractivity contribution in [3.63, 3.8) is 0 Å². The van der Waals surface area contributed by atoms with Crippen molar-refractivity contribution in [1.82, 2.24) is 9.71 Å². The van der Waals surface area contributed by atoms with E-state index in [1.807, 2.05) is 72.8 Å². The molecule has 0 aliphatic heterocycles. The lowest BCUT2D eigenvalue weighted by molar-refractivity contribution is 0.581. The number of rotatable bonds is 5. The molecule has 0 fully saturated rings. The molecule has 0 unspecified atom stereocenters. The second kappa shape index (κ2) is 7.31. The Balaban J connectivity index is 1.55. The predicted molar refractivity (Wildman–Crippen MR) is 108 cm³/mol. The maximum Gasteiger partial charge on any atom is 0.240 e. The molecule has 3 aromatic carbocycles. The van der Waals surface area contributed by atoms with Crippen molar-refractivity contribution in [2.75, 3.05) is 0 Å². The summed E-state index contributed by atoms with van der Waals surface area (Å²) in [5, 5.41) is 0.987. The Morgan fingerprint density at radius 1 is 0.741 bits per heavy atom. The molecule has 4 rings (SSSR count). The van der Waals surface area contributed by atoms with E-state index in [-0.39, 0.29) is 11.4 Å². The zero-order chi connectivity index (χ0) is 18.7. The molecule has 0 bridgehead atoms. The van der Waals surface area contributed by atoms with Crippen molar-refractivity contribution < 1.29 is 8.42 Å². The second-order valence-corrected chi connectivity index (χ2v) is 7.97. The molecule has 4 aromatic rings. The molecule has 5 heteroatoms. The molecular weight excluding hydrogens is 356 g/mol. The molecule has 0 radical (unpaired) electrons. The van der Waals surface area contributed by atoms with E-state index in [4.69, 9.17) is 0 Å². The summed E-state index contributed by atoms with van der Waals surface area (Å²) in [7, 11) is -3.60. The van der Waals surface area contributed by atoms with Crippen LogP contribution < -0.4 is 4.72 Å². The standard InChI is InChI=1S/C22H18N2O2S/c25-27(26,21-13-11-18(12-14-21)17-6-2-1-3-7-17)24-16-20-9-4-8-19-10-5-15-23-22(19)20/h1-15,24H,16H2. The lowest BCUT2D eigenvalue weighted by atomic mass is 10.1. The maximum atomic E-state index is 12.7. The van der Waals surface area contributed by atoms with Gasteiger partial charge in [0, 0.05) is 18.1 Å². The zero-order valence-electron chi connectivity index (χ0n) is 14.5. The van der Waals surface area contributed by atoms with E-state index >= 15 is 0 Å². The van der Waals surface area contributed by atoms with Crippen LogP contribution in [0.2, 0.25) is 0 Å². The van der Waals surface area contributed by atoms with Crippen LogP contribution >= 0.6 is 0 Å². The fourth-order valence-corrected chi connectivity index (χ4v) is 4.03. The largest absolute Gasteiger partial charge is 0.256 e. The SMILES string of the molecule is O=S(=O)(NCc1cccc2cccnc12)c1ccc(-c2ccccc2)cc1. The van der Waals surface area contributed by atoms with Crippen LogP contribution in [0.25, 0.3) is 22.0 Å². The van der Waals surface area contributed by atoms with Gasteiger partial charge in [0.15, 0.2) is 0 Å². The Morgan fingerprint density at radius 2 is 1.44 bits per heavy atom. The highest BCUT2D eigenvalue weighted by Crippen LogP contribution is 2.21. The van der Waals surface area contributed by atoms with E-state index in [1.54, 1.807) is 18.3 Å². The maximum absolute atomic E-state index is 12.7. The van der Waals surface area contributed by atoms with Crippen molar-refractivity contribution in [2.45, 2.75) is 11.4 Å². The van der Waals surface area contributed by atoms with Gasteiger partial charge in [0.2, 0.25) is 10.0 Å². The van der Waals surface area contributed by atoms with Crippen molar-refractivity contribution >= 4 is 20.9 Å². The summed E-state index contributed by atoms with van der Waals surface area (Å²) in [6.07, 6.45) is 1.71. The second-order valence-electron chi connectivity index (χ2n) is 6.21. The van der Waals surface area contributed by atoms with Crippen LogP contribution in [0.1, 0.15) is 5.56 Å².